The summed E-state index contributed by atoms with van der Waals surface area (Å²) >= 11 is 0. The van der Waals surface area contributed by atoms with Gasteiger partial charge in [0.1, 0.15) is 11.4 Å². The van der Waals surface area contributed by atoms with Crippen molar-refractivity contribution in [1.29, 1.82) is 0 Å². The van der Waals surface area contributed by atoms with Gasteiger partial charge in [-0.3, -0.25) is 9.97 Å². The number of nitrogens with zero attached hydrogens (tertiary/aromatic N) is 6. The predicted octanol–water partition coefficient (Wildman–Crippen LogP) is 0.798. The minimum Gasteiger partial charge on any atom is -0.493 e. The second kappa shape index (κ2) is 7.01. The van der Waals surface area contributed by atoms with Crippen molar-refractivity contribution in [3.05, 3.63) is 69.7 Å². The number of imidazole rings is 1. The zero-order valence-electron chi connectivity index (χ0n) is 16.6. The van der Waals surface area contributed by atoms with E-state index >= 15 is 0 Å². The van der Waals surface area contributed by atoms with Crippen molar-refractivity contribution < 1.29 is 9.84 Å². The van der Waals surface area contributed by atoms with E-state index in [1.165, 1.54) is 4.52 Å². The lowest BCUT2D eigenvalue weighted by molar-refractivity contribution is 0.436. The van der Waals surface area contributed by atoms with Crippen molar-refractivity contribution in [2.45, 2.75) is 18.9 Å². The van der Waals surface area contributed by atoms with Gasteiger partial charge in [0, 0.05) is 16.8 Å². The number of aromatic amines is 2. The van der Waals surface area contributed by atoms with Crippen LogP contribution in [0.1, 0.15) is 18.5 Å². The Balaban J connectivity index is 1.50. The van der Waals surface area contributed by atoms with Crippen LogP contribution in [-0.4, -0.2) is 45.7 Å². The molecule has 11 nitrogen and oxygen atoms in total. The highest BCUT2D eigenvalue weighted by atomic mass is 16.5. The SMILES string of the molecule is O=c1[nH]c(O)c(/C=c2/cnn3c(=NC4CC4)nc(Oc4ccc5ncccc5c4)nc23)[nH]1. The summed E-state index contributed by atoms with van der Waals surface area (Å²) in [6.45, 7) is 0. The van der Waals surface area contributed by atoms with Crippen molar-refractivity contribution in [2.24, 2.45) is 4.99 Å². The predicted molar refractivity (Wildman–Crippen MR) is 113 cm³/mol. The Morgan fingerprint density at radius 2 is 2.12 bits per heavy atom. The molecule has 0 atom stereocenters. The summed E-state index contributed by atoms with van der Waals surface area (Å²) < 4.78 is 7.48. The largest absolute Gasteiger partial charge is 0.493 e. The normalized spacial score (nSPS) is 15.1. The quantitative estimate of drug-likeness (QED) is 0.384. The minimum absolute atomic E-state index is 0.113. The molecule has 6 rings (SSSR count). The average molecular weight is 428 g/mol. The maximum absolute atomic E-state index is 11.5. The first-order valence-electron chi connectivity index (χ1n) is 9.98. The van der Waals surface area contributed by atoms with Gasteiger partial charge in [-0.15, -0.1) is 0 Å². The van der Waals surface area contributed by atoms with Gasteiger partial charge < -0.3 is 14.8 Å². The highest BCUT2D eigenvalue weighted by molar-refractivity contribution is 5.79. The van der Waals surface area contributed by atoms with Crippen LogP contribution in [0, 0.1) is 0 Å². The first kappa shape index (κ1) is 18.2. The van der Waals surface area contributed by atoms with Crippen LogP contribution in [0.15, 0.2) is 52.5 Å². The fourth-order valence-corrected chi connectivity index (χ4v) is 3.33. The molecule has 4 aromatic heterocycles. The van der Waals surface area contributed by atoms with Gasteiger partial charge in [0.25, 0.3) is 5.62 Å². The Morgan fingerprint density at radius 3 is 2.94 bits per heavy atom. The fraction of sp³-hybridized carbons (Fsp3) is 0.143. The fourth-order valence-electron chi connectivity index (χ4n) is 3.33. The van der Waals surface area contributed by atoms with Gasteiger partial charge in [-0.1, -0.05) is 6.07 Å². The number of nitrogens with one attached hydrogen (secondary N) is 2. The lowest BCUT2D eigenvalue weighted by Crippen LogP contribution is -2.23. The number of aromatic nitrogens is 7. The molecular formula is C21H16N8O3. The van der Waals surface area contributed by atoms with Crippen molar-refractivity contribution in [2.75, 3.05) is 0 Å². The molecule has 1 aliphatic carbocycles. The van der Waals surface area contributed by atoms with Crippen LogP contribution in [-0.2, 0) is 0 Å². The van der Waals surface area contributed by atoms with E-state index in [1.54, 1.807) is 24.5 Å². The third-order valence-electron chi connectivity index (χ3n) is 5.02. The van der Waals surface area contributed by atoms with E-state index in [-0.39, 0.29) is 23.6 Å². The van der Waals surface area contributed by atoms with Crippen LogP contribution >= 0.6 is 0 Å². The highest BCUT2D eigenvalue weighted by Crippen LogP contribution is 2.24. The number of H-pyrrole nitrogens is 2. The van der Waals surface area contributed by atoms with Crippen molar-refractivity contribution in [1.82, 2.24) is 34.5 Å². The number of rotatable bonds is 4. The lowest BCUT2D eigenvalue weighted by Gasteiger charge is -2.05. The minimum atomic E-state index is -0.515. The topological polar surface area (TPSA) is 146 Å². The van der Waals surface area contributed by atoms with E-state index in [0.29, 0.717) is 22.2 Å². The molecule has 158 valence electrons. The summed E-state index contributed by atoms with van der Waals surface area (Å²) in [5, 5.41) is 15.7. The molecule has 0 amide bonds. The van der Waals surface area contributed by atoms with E-state index in [1.807, 2.05) is 24.3 Å². The molecule has 1 aliphatic rings. The van der Waals surface area contributed by atoms with E-state index in [4.69, 9.17) is 4.74 Å². The number of hydrogen-bond donors (Lipinski definition) is 3. The molecule has 0 radical (unpaired) electrons. The first-order chi connectivity index (χ1) is 15.6. The van der Waals surface area contributed by atoms with Gasteiger partial charge >= 0.3 is 11.7 Å². The van der Waals surface area contributed by atoms with E-state index in [0.717, 1.165) is 23.7 Å². The van der Waals surface area contributed by atoms with Crippen molar-refractivity contribution >= 4 is 22.6 Å². The Morgan fingerprint density at radius 1 is 1.22 bits per heavy atom. The molecular weight excluding hydrogens is 412 g/mol. The van der Waals surface area contributed by atoms with E-state index in [2.05, 4.69) is 35.0 Å². The summed E-state index contributed by atoms with van der Waals surface area (Å²) in [5.41, 5.74) is 1.36. The van der Waals surface area contributed by atoms with Crippen LogP contribution < -0.4 is 21.3 Å². The molecule has 11 heteroatoms. The maximum atomic E-state index is 11.5. The Hall–Kier alpha value is -4.54. The Kier molecular flexibility index (Phi) is 4.00. The standard InChI is InChI=1S/C21H16N8O3/c30-18-16(25-20(31)27-18)9-12-10-23-29-17(12)26-21(28-19(29)24-13-3-4-13)32-14-5-6-15-11(8-14)2-1-7-22-15/h1-2,5-10,13,30H,3-4H2,(H2,25,27,31)/b12-9-,24-19?. The summed E-state index contributed by atoms with van der Waals surface area (Å²) in [7, 11) is 0. The van der Waals surface area contributed by atoms with Crippen LogP contribution in [0.2, 0.25) is 0 Å². The molecule has 1 saturated carbocycles. The Labute approximate surface area is 178 Å². The van der Waals surface area contributed by atoms with Crippen LogP contribution in [0.25, 0.3) is 22.6 Å². The number of fused-ring (bicyclic) bond motifs is 2. The zero-order valence-corrected chi connectivity index (χ0v) is 16.6. The first-order valence-corrected chi connectivity index (χ1v) is 9.98. The Bertz CT molecular complexity index is 1660. The van der Waals surface area contributed by atoms with Gasteiger partial charge in [-0.25, -0.2) is 9.79 Å². The van der Waals surface area contributed by atoms with Crippen molar-refractivity contribution in [3.8, 4) is 17.6 Å². The molecule has 1 aromatic carbocycles. The third-order valence-corrected chi connectivity index (χ3v) is 5.02. The van der Waals surface area contributed by atoms with Crippen LogP contribution in [0.3, 0.4) is 0 Å². The summed E-state index contributed by atoms with van der Waals surface area (Å²) in [6, 6.07) is 9.64. The zero-order chi connectivity index (χ0) is 21.7. The summed E-state index contributed by atoms with van der Waals surface area (Å²) in [5.74, 6) is 0.289. The number of aromatic hydroxyl groups is 1. The van der Waals surface area contributed by atoms with Crippen molar-refractivity contribution in [3.63, 3.8) is 0 Å². The molecule has 0 aliphatic heterocycles. The highest BCUT2D eigenvalue weighted by Gasteiger charge is 2.21. The maximum Gasteiger partial charge on any atom is 0.327 e. The number of pyridine rings is 1. The monoisotopic (exact) mass is 428 g/mol. The lowest BCUT2D eigenvalue weighted by atomic mass is 10.2. The summed E-state index contributed by atoms with van der Waals surface area (Å²) in [4.78, 5) is 34.2. The molecule has 0 saturated heterocycles. The van der Waals surface area contributed by atoms with Crippen LogP contribution in [0.4, 0.5) is 0 Å². The third kappa shape index (κ3) is 3.35. The van der Waals surface area contributed by atoms with Gasteiger partial charge in [0.05, 0.1) is 17.8 Å². The molecule has 0 spiro atoms. The molecule has 5 aromatic rings. The molecule has 32 heavy (non-hydrogen) atoms. The number of hydrogen-bond acceptors (Lipinski definition) is 8. The summed E-state index contributed by atoms with van der Waals surface area (Å²) in [6.07, 6.45) is 6.86. The average Bonchev–Trinajstić information content (AvgIpc) is 3.42. The van der Waals surface area contributed by atoms with Gasteiger partial charge in [-0.2, -0.15) is 19.6 Å². The molecule has 1 fully saturated rings. The second-order valence-electron chi connectivity index (χ2n) is 7.45. The molecule has 3 N–H and O–H groups in total. The smallest absolute Gasteiger partial charge is 0.327 e. The van der Waals surface area contributed by atoms with E-state index in [9.17, 15) is 9.90 Å². The number of benzene rings is 1. The van der Waals surface area contributed by atoms with Gasteiger partial charge in [0.15, 0.2) is 5.65 Å². The van der Waals surface area contributed by atoms with E-state index < -0.39 is 5.69 Å². The second-order valence-corrected chi connectivity index (χ2v) is 7.45. The number of ether oxygens (including phenoxy) is 1. The van der Waals surface area contributed by atoms with Crippen LogP contribution in [0.5, 0.6) is 17.6 Å². The van der Waals surface area contributed by atoms with Gasteiger partial charge in [-0.05, 0) is 43.2 Å². The molecule has 0 unspecified atom stereocenters. The van der Waals surface area contributed by atoms with Gasteiger partial charge in [0.2, 0.25) is 5.88 Å². The molecule has 4 heterocycles. The molecule has 0 bridgehead atoms.